The molecule has 1 aliphatic rings. The summed E-state index contributed by atoms with van der Waals surface area (Å²) in [6.07, 6.45) is 1.05. The minimum absolute atomic E-state index is 0.270. The summed E-state index contributed by atoms with van der Waals surface area (Å²) in [6, 6.07) is 10.8. The van der Waals surface area contributed by atoms with Gasteiger partial charge in [0.25, 0.3) is 5.91 Å². The quantitative estimate of drug-likeness (QED) is 0.801. The van der Waals surface area contributed by atoms with E-state index < -0.39 is 16.1 Å². The van der Waals surface area contributed by atoms with E-state index in [1.165, 1.54) is 10.6 Å². The van der Waals surface area contributed by atoms with Crippen molar-refractivity contribution in [3.63, 3.8) is 0 Å². The largest absolute Gasteiger partial charge is 0.481 e. The van der Waals surface area contributed by atoms with E-state index in [0.29, 0.717) is 36.0 Å². The number of rotatable bonds is 5. The number of anilines is 1. The van der Waals surface area contributed by atoms with Gasteiger partial charge in [0.1, 0.15) is 5.75 Å². The molecular formula is C20H23ClN2O4S. The van der Waals surface area contributed by atoms with Gasteiger partial charge in [-0.1, -0.05) is 23.7 Å². The van der Waals surface area contributed by atoms with E-state index in [-0.39, 0.29) is 5.91 Å². The molecule has 1 unspecified atom stereocenters. The lowest BCUT2D eigenvalue weighted by Gasteiger charge is -2.28. The molecule has 1 N–H and O–H groups in total. The Kier molecular flexibility index (Phi) is 5.98. The van der Waals surface area contributed by atoms with Crippen LogP contribution in [0.2, 0.25) is 5.02 Å². The first-order valence-corrected chi connectivity index (χ1v) is 11.2. The highest BCUT2D eigenvalue weighted by Crippen LogP contribution is 2.28. The molecule has 0 spiro atoms. The number of hydrogen-bond acceptors (Lipinski definition) is 4. The number of fused-ring (bicyclic) bond motifs is 1. The Morgan fingerprint density at radius 2 is 2.04 bits per heavy atom. The third-order valence-corrected chi connectivity index (χ3v) is 6.25. The minimum Gasteiger partial charge on any atom is -0.481 e. The number of halogens is 1. The Bertz CT molecular complexity index is 1010. The number of nitrogens with zero attached hydrogens (tertiary/aromatic N) is 1. The van der Waals surface area contributed by atoms with Crippen LogP contribution in [-0.2, 0) is 27.8 Å². The van der Waals surface area contributed by atoms with Crippen molar-refractivity contribution in [1.29, 1.82) is 0 Å². The Labute approximate surface area is 170 Å². The molecule has 150 valence electrons. The highest BCUT2D eigenvalue weighted by molar-refractivity contribution is 7.88. The molecule has 0 aliphatic carbocycles. The van der Waals surface area contributed by atoms with Crippen LogP contribution in [0, 0.1) is 6.92 Å². The maximum Gasteiger partial charge on any atom is 0.265 e. The van der Waals surface area contributed by atoms with Crippen molar-refractivity contribution in [2.75, 3.05) is 18.1 Å². The second kappa shape index (κ2) is 8.11. The first-order valence-electron chi connectivity index (χ1n) is 8.94. The van der Waals surface area contributed by atoms with Gasteiger partial charge in [0.05, 0.1) is 6.26 Å². The molecular weight excluding hydrogens is 400 g/mol. The zero-order chi connectivity index (χ0) is 20.5. The molecule has 28 heavy (non-hydrogen) atoms. The van der Waals surface area contributed by atoms with Crippen LogP contribution in [0.5, 0.6) is 5.75 Å². The summed E-state index contributed by atoms with van der Waals surface area (Å²) in [5.74, 6) is 0.333. The van der Waals surface area contributed by atoms with E-state index in [9.17, 15) is 13.2 Å². The maximum absolute atomic E-state index is 12.6. The smallest absolute Gasteiger partial charge is 0.265 e. The van der Waals surface area contributed by atoms with E-state index in [0.717, 1.165) is 16.7 Å². The molecule has 1 aliphatic heterocycles. The van der Waals surface area contributed by atoms with Gasteiger partial charge in [-0.25, -0.2) is 8.42 Å². The molecule has 3 rings (SSSR count). The van der Waals surface area contributed by atoms with Crippen molar-refractivity contribution in [2.24, 2.45) is 0 Å². The fourth-order valence-electron chi connectivity index (χ4n) is 3.21. The van der Waals surface area contributed by atoms with Crippen LogP contribution in [0.25, 0.3) is 0 Å². The third-order valence-electron chi connectivity index (χ3n) is 4.77. The lowest BCUT2D eigenvalue weighted by atomic mass is 9.99. The fourth-order valence-corrected chi connectivity index (χ4v) is 4.23. The van der Waals surface area contributed by atoms with Crippen molar-refractivity contribution >= 4 is 33.2 Å². The fraction of sp³-hybridized carbons (Fsp3) is 0.350. The highest BCUT2D eigenvalue weighted by atomic mass is 35.5. The third kappa shape index (κ3) is 4.66. The van der Waals surface area contributed by atoms with E-state index in [1.54, 1.807) is 25.1 Å². The minimum atomic E-state index is -3.24. The molecule has 0 bridgehead atoms. The first kappa shape index (κ1) is 20.6. The van der Waals surface area contributed by atoms with Crippen LogP contribution in [0.15, 0.2) is 36.4 Å². The zero-order valence-electron chi connectivity index (χ0n) is 16.0. The van der Waals surface area contributed by atoms with Crippen LogP contribution >= 0.6 is 11.6 Å². The van der Waals surface area contributed by atoms with Crippen LogP contribution in [-0.4, -0.2) is 37.5 Å². The summed E-state index contributed by atoms with van der Waals surface area (Å²) in [5.41, 5.74) is 3.41. The summed E-state index contributed by atoms with van der Waals surface area (Å²) in [4.78, 5) is 12.6. The van der Waals surface area contributed by atoms with E-state index in [4.69, 9.17) is 16.3 Å². The summed E-state index contributed by atoms with van der Waals surface area (Å²) >= 11 is 5.95. The number of ether oxygens (including phenoxy) is 1. The SMILES string of the molecule is Cc1cc(Cl)ccc1OC(C)C(=O)Nc1cccc2c1CCN(S(C)(=O)=O)C2. The number of carbonyl (C=O) groups excluding carboxylic acids is 1. The lowest BCUT2D eigenvalue weighted by Crippen LogP contribution is -2.36. The molecule has 0 saturated carbocycles. The van der Waals surface area contributed by atoms with Gasteiger partial charge in [0, 0.05) is 23.8 Å². The molecule has 0 aromatic heterocycles. The Morgan fingerprint density at radius 3 is 2.71 bits per heavy atom. The van der Waals surface area contributed by atoms with Crippen LogP contribution in [0.4, 0.5) is 5.69 Å². The molecule has 6 nitrogen and oxygen atoms in total. The zero-order valence-corrected chi connectivity index (χ0v) is 17.6. The summed E-state index contributed by atoms with van der Waals surface area (Å²) < 4.78 is 30.8. The molecule has 1 amide bonds. The van der Waals surface area contributed by atoms with Crippen LogP contribution in [0.3, 0.4) is 0 Å². The normalized spacial score (nSPS) is 15.6. The van der Waals surface area contributed by atoms with Crippen LogP contribution in [0.1, 0.15) is 23.6 Å². The van der Waals surface area contributed by atoms with Crippen molar-refractivity contribution in [3.8, 4) is 5.75 Å². The van der Waals surface area contributed by atoms with Crippen molar-refractivity contribution in [3.05, 3.63) is 58.1 Å². The standard InChI is InChI=1S/C20H23ClN2O4S/c1-13-11-16(21)7-8-19(13)27-14(2)20(24)22-18-6-4-5-15-12-23(28(3,25)26)10-9-17(15)18/h4-8,11,14H,9-10,12H2,1-3H3,(H,22,24). The molecule has 1 atom stereocenters. The molecule has 0 fully saturated rings. The molecule has 1 heterocycles. The van der Waals surface area contributed by atoms with Gasteiger partial charge in [-0.2, -0.15) is 4.31 Å². The second-order valence-electron chi connectivity index (χ2n) is 6.95. The van der Waals surface area contributed by atoms with Gasteiger partial charge in [0.15, 0.2) is 6.10 Å². The predicted octanol–water partition coefficient (Wildman–Crippen LogP) is 3.37. The lowest BCUT2D eigenvalue weighted by molar-refractivity contribution is -0.122. The van der Waals surface area contributed by atoms with Crippen molar-refractivity contribution in [1.82, 2.24) is 4.31 Å². The number of carbonyl (C=O) groups is 1. The maximum atomic E-state index is 12.6. The van der Waals surface area contributed by atoms with Crippen molar-refractivity contribution < 1.29 is 17.9 Å². The topological polar surface area (TPSA) is 75.7 Å². The molecule has 0 radical (unpaired) electrons. The first-order chi connectivity index (χ1) is 13.1. The van der Waals surface area contributed by atoms with Gasteiger partial charge >= 0.3 is 0 Å². The summed E-state index contributed by atoms with van der Waals surface area (Å²) in [5, 5.41) is 3.53. The number of sulfonamides is 1. The number of amides is 1. The highest BCUT2D eigenvalue weighted by Gasteiger charge is 2.25. The monoisotopic (exact) mass is 422 g/mol. The Morgan fingerprint density at radius 1 is 1.29 bits per heavy atom. The van der Waals surface area contributed by atoms with E-state index >= 15 is 0 Å². The Balaban J connectivity index is 1.73. The van der Waals surface area contributed by atoms with Gasteiger partial charge in [0.2, 0.25) is 10.0 Å². The summed E-state index contributed by atoms with van der Waals surface area (Å²) in [7, 11) is -3.24. The molecule has 2 aromatic rings. The van der Waals surface area contributed by atoms with Crippen molar-refractivity contribution in [2.45, 2.75) is 32.9 Å². The van der Waals surface area contributed by atoms with Gasteiger partial charge < -0.3 is 10.1 Å². The van der Waals surface area contributed by atoms with Gasteiger partial charge in [-0.15, -0.1) is 0 Å². The average Bonchev–Trinajstić information content (AvgIpc) is 2.63. The number of hydrogen-bond donors (Lipinski definition) is 1. The number of aryl methyl sites for hydroxylation is 1. The van der Waals surface area contributed by atoms with E-state index in [1.807, 2.05) is 25.1 Å². The average molecular weight is 423 g/mol. The summed E-state index contributed by atoms with van der Waals surface area (Å²) in [6.45, 7) is 4.26. The van der Waals surface area contributed by atoms with Gasteiger partial charge in [-0.3, -0.25) is 4.79 Å². The van der Waals surface area contributed by atoms with Gasteiger partial charge in [-0.05, 0) is 61.2 Å². The Hall–Kier alpha value is -2.09. The number of nitrogens with one attached hydrogen (secondary N) is 1. The second-order valence-corrected chi connectivity index (χ2v) is 9.37. The number of benzene rings is 2. The predicted molar refractivity (Wildman–Crippen MR) is 110 cm³/mol. The molecule has 8 heteroatoms. The molecule has 0 saturated heterocycles. The molecule has 2 aromatic carbocycles. The van der Waals surface area contributed by atoms with Crippen LogP contribution < -0.4 is 10.1 Å². The van der Waals surface area contributed by atoms with E-state index in [2.05, 4.69) is 5.32 Å².